The quantitative estimate of drug-likeness (QED) is 0.262. The standard InChI is InChI=1S/C30H35N3OS.C2H6/c1-3-11-26-25-14-8-9-15-28(25)35-29-17-16-24(21-27(29)32-26)30(34)31-18-10-20-33(19-4-2)22-23-12-6-5-7-13-23;1-2/h5-9,12-17,21H,3-4,10-11,18-20,22H2,1-2H3,(H,31,34);1-2H3. The third-order valence-corrected chi connectivity index (χ3v) is 7.25. The fourth-order valence-corrected chi connectivity index (χ4v) is 5.44. The Morgan fingerprint density at radius 2 is 1.65 bits per heavy atom. The number of carbonyl (C=O) groups excluding carboxylic acids is 1. The molecular formula is C32H41N3OS. The van der Waals surface area contributed by atoms with E-state index in [0.717, 1.165) is 61.6 Å². The van der Waals surface area contributed by atoms with E-state index in [4.69, 9.17) is 4.99 Å². The van der Waals surface area contributed by atoms with E-state index in [-0.39, 0.29) is 5.91 Å². The van der Waals surface area contributed by atoms with E-state index in [1.807, 2.05) is 32.0 Å². The molecule has 4 nitrogen and oxygen atoms in total. The first-order valence-corrected chi connectivity index (χ1v) is 14.5. The molecule has 3 aromatic carbocycles. The van der Waals surface area contributed by atoms with Crippen LogP contribution in [0.3, 0.4) is 0 Å². The number of aliphatic imine (C=N–C) groups is 1. The van der Waals surface area contributed by atoms with Crippen LogP contribution >= 0.6 is 11.8 Å². The summed E-state index contributed by atoms with van der Waals surface area (Å²) in [4.78, 5) is 22.7. The van der Waals surface area contributed by atoms with Crippen LogP contribution < -0.4 is 5.32 Å². The van der Waals surface area contributed by atoms with E-state index in [1.54, 1.807) is 11.8 Å². The van der Waals surface area contributed by atoms with Gasteiger partial charge < -0.3 is 5.32 Å². The molecule has 0 saturated heterocycles. The van der Waals surface area contributed by atoms with Crippen molar-refractivity contribution in [3.8, 4) is 0 Å². The Kier molecular flexibility index (Phi) is 11.9. The van der Waals surface area contributed by atoms with E-state index >= 15 is 0 Å². The van der Waals surface area contributed by atoms with Gasteiger partial charge in [0.25, 0.3) is 5.91 Å². The minimum Gasteiger partial charge on any atom is -0.352 e. The molecule has 0 fully saturated rings. The second-order valence-corrected chi connectivity index (χ2v) is 10.0. The SMILES string of the molecule is CC.CCCC1=Nc2cc(C(=O)NCCCN(CCC)Cc3ccccc3)ccc2Sc2ccccc21. The lowest BCUT2D eigenvalue weighted by atomic mass is 10.1. The van der Waals surface area contributed by atoms with Crippen molar-refractivity contribution in [2.24, 2.45) is 4.99 Å². The molecule has 1 N–H and O–H groups in total. The highest BCUT2D eigenvalue weighted by atomic mass is 32.2. The Labute approximate surface area is 227 Å². The topological polar surface area (TPSA) is 44.7 Å². The Balaban J connectivity index is 0.00000186. The summed E-state index contributed by atoms with van der Waals surface area (Å²) in [6.07, 6.45) is 4.00. The fourth-order valence-electron chi connectivity index (χ4n) is 4.41. The number of fused-ring (bicyclic) bond motifs is 2. The molecule has 1 amide bonds. The van der Waals surface area contributed by atoms with Crippen molar-refractivity contribution in [2.75, 3.05) is 19.6 Å². The van der Waals surface area contributed by atoms with E-state index in [9.17, 15) is 4.79 Å². The molecule has 0 radical (unpaired) electrons. The molecule has 3 aromatic rings. The number of hydrogen-bond acceptors (Lipinski definition) is 4. The summed E-state index contributed by atoms with van der Waals surface area (Å²) in [7, 11) is 0. The van der Waals surface area contributed by atoms with Crippen molar-refractivity contribution in [1.29, 1.82) is 0 Å². The number of nitrogens with zero attached hydrogens (tertiary/aromatic N) is 2. The van der Waals surface area contributed by atoms with Crippen LogP contribution in [0.5, 0.6) is 0 Å². The van der Waals surface area contributed by atoms with Gasteiger partial charge in [0.1, 0.15) is 0 Å². The number of amides is 1. The molecular weight excluding hydrogens is 474 g/mol. The molecule has 196 valence electrons. The zero-order valence-corrected chi connectivity index (χ0v) is 23.6. The summed E-state index contributed by atoms with van der Waals surface area (Å²) in [5.74, 6) is -0.0306. The highest BCUT2D eigenvalue weighted by Crippen LogP contribution is 2.41. The number of rotatable bonds is 11. The van der Waals surface area contributed by atoms with Crippen LogP contribution in [-0.2, 0) is 6.54 Å². The van der Waals surface area contributed by atoms with Crippen LogP contribution in [0.25, 0.3) is 0 Å². The number of benzene rings is 3. The van der Waals surface area contributed by atoms with Gasteiger partial charge in [0.05, 0.1) is 5.69 Å². The van der Waals surface area contributed by atoms with Gasteiger partial charge in [-0.15, -0.1) is 0 Å². The van der Waals surface area contributed by atoms with Crippen molar-refractivity contribution in [3.05, 3.63) is 89.5 Å². The van der Waals surface area contributed by atoms with Gasteiger partial charge in [-0.25, -0.2) is 0 Å². The van der Waals surface area contributed by atoms with Gasteiger partial charge in [-0.3, -0.25) is 14.7 Å². The Morgan fingerprint density at radius 1 is 0.892 bits per heavy atom. The molecule has 0 saturated carbocycles. The van der Waals surface area contributed by atoms with Gasteiger partial charge in [0.15, 0.2) is 0 Å². The highest BCUT2D eigenvalue weighted by molar-refractivity contribution is 7.99. The summed E-state index contributed by atoms with van der Waals surface area (Å²) in [5, 5.41) is 3.12. The molecule has 37 heavy (non-hydrogen) atoms. The molecule has 0 bridgehead atoms. The number of hydrogen-bond donors (Lipinski definition) is 1. The lowest BCUT2D eigenvalue weighted by Gasteiger charge is -2.21. The van der Waals surface area contributed by atoms with Crippen LogP contribution in [0.4, 0.5) is 5.69 Å². The highest BCUT2D eigenvalue weighted by Gasteiger charge is 2.18. The molecule has 0 atom stereocenters. The minimum atomic E-state index is -0.0306. The maximum absolute atomic E-state index is 12.9. The van der Waals surface area contributed by atoms with Crippen LogP contribution in [0.2, 0.25) is 0 Å². The maximum Gasteiger partial charge on any atom is 0.251 e. The van der Waals surface area contributed by atoms with Gasteiger partial charge in [0.2, 0.25) is 0 Å². The third kappa shape index (κ3) is 8.31. The Morgan fingerprint density at radius 3 is 2.41 bits per heavy atom. The average Bonchev–Trinajstić information content (AvgIpc) is 3.09. The maximum atomic E-state index is 12.9. The van der Waals surface area contributed by atoms with Crippen molar-refractivity contribution < 1.29 is 4.79 Å². The Bertz CT molecular complexity index is 1160. The first kappa shape index (κ1) is 28.7. The predicted molar refractivity (Wildman–Crippen MR) is 158 cm³/mol. The van der Waals surface area contributed by atoms with Crippen LogP contribution in [-0.4, -0.2) is 36.2 Å². The van der Waals surface area contributed by atoms with E-state index in [2.05, 4.69) is 78.7 Å². The number of nitrogens with one attached hydrogen (secondary N) is 1. The molecule has 5 heteroatoms. The Hall–Kier alpha value is -2.89. The zero-order chi connectivity index (χ0) is 26.5. The summed E-state index contributed by atoms with van der Waals surface area (Å²) in [6.45, 7) is 12.0. The molecule has 1 aliphatic rings. The smallest absolute Gasteiger partial charge is 0.251 e. The van der Waals surface area contributed by atoms with Gasteiger partial charge in [-0.1, -0.05) is 94.4 Å². The summed E-state index contributed by atoms with van der Waals surface area (Å²) < 4.78 is 0. The van der Waals surface area contributed by atoms with Gasteiger partial charge in [0, 0.05) is 46.3 Å². The second-order valence-electron chi connectivity index (χ2n) is 8.96. The molecule has 0 spiro atoms. The van der Waals surface area contributed by atoms with Gasteiger partial charge in [-0.05, 0) is 55.6 Å². The van der Waals surface area contributed by atoms with Crippen LogP contribution in [0.1, 0.15) is 74.9 Å². The number of carbonyl (C=O) groups is 1. The molecule has 1 heterocycles. The van der Waals surface area contributed by atoms with Crippen molar-refractivity contribution in [3.63, 3.8) is 0 Å². The monoisotopic (exact) mass is 515 g/mol. The van der Waals surface area contributed by atoms with E-state index < -0.39 is 0 Å². The molecule has 0 aliphatic carbocycles. The van der Waals surface area contributed by atoms with E-state index in [1.165, 1.54) is 16.0 Å². The van der Waals surface area contributed by atoms with Crippen molar-refractivity contribution in [1.82, 2.24) is 10.2 Å². The van der Waals surface area contributed by atoms with Crippen LogP contribution in [0, 0.1) is 0 Å². The van der Waals surface area contributed by atoms with Crippen molar-refractivity contribution in [2.45, 2.75) is 69.7 Å². The lowest BCUT2D eigenvalue weighted by Crippen LogP contribution is -2.30. The summed E-state index contributed by atoms with van der Waals surface area (Å²) >= 11 is 1.73. The van der Waals surface area contributed by atoms with Crippen LogP contribution in [0.15, 0.2) is 87.6 Å². The van der Waals surface area contributed by atoms with Crippen molar-refractivity contribution >= 4 is 29.1 Å². The van der Waals surface area contributed by atoms with Gasteiger partial charge in [-0.2, -0.15) is 0 Å². The minimum absolute atomic E-state index is 0.0306. The molecule has 1 aliphatic heterocycles. The largest absolute Gasteiger partial charge is 0.352 e. The molecule has 0 aromatic heterocycles. The third-order valence-electron chi connectivity index (χ3n) is 6.11. The molecule has 0 unspecified atom stereocenters. The normalized spacial score (nSPS) is 12.0. The summed E-state index contributed by atoms with van der Waals surface area (Å²) in [5.41, 5.74) is 5.19. The summed E-state index contributed by atoms with van der Waals surface area (Å²) in [6, 6.07) is 24.9. The van der Waals surface area contributed by atoms with Gasteiger partial charge >= 0.3 is 0 Å². The predicted octanol–water partition coefficient (Wildman–Crippen LogP) is 8.13. The first-order valence-electron chi connectivity index (χ1n) is 13.7. The first-order chi connectivity index (χ1) is 18.2. The molecule has 4 rings (SSSR count). The fraction of sp³-hybridized carbons (Fsp3) is 0.375. The van der Waals surface area contributed by atoms with E-state index in [0.29, 0.717) is 12.1 Å². The average molecular weight is 516 g/mol. The zero-order valence-electron chi connectivity index (χ0n) is 22.8. The second kappa shape index (κ2) is 15.4. The lowest BCUT2D eigenvalue weighted by molar-refractivity contribution is 0.0951.